The third-order valence-electron chi connectivity index (χ3n) is 3.47. The molecule has 2 aromatic heterocycles. The highest BCUT2D eigenvalue weighted by molar-refractivity contribution is 5.28. The molecule has 1 unspecified atom stereocenters. The standard InChI is InChI=1S/C12H19N7/c1-3-13-12-18-17-11(19(12)4-2)9-5-8-10(6-14-9)16-7-15-8/h7,9,14H,3-6H2,1-2H3,(H,13,18)(H,15,16). The zero-order valence-corrected chi connectivity index (χ0v) is 11.3. The molecular formula is C12H19N7. The third kappa shape index (κ3) is 2.10. The van der Waals surface area contributed by atoms with Crippen LogP contribution in [0.3, 0.4) is 0 Å². The van der Waals surface area contributed by atoms with Crippen LogP contribution in [0.2, 0.25) is 0 Å². The van der Waals surface area contributed by atoms with Gasteiger partial charge in [-0.3, -0.25) is 4.57 Å². The van der Waals surface area contributed by atoms with E-state index in [-0.39, 0.29) is 6.04 Å². The summed E-state index contributed by atoms with van der Waals surface area (Å²) in [4.78, 5) is 7.52. The minimum absolute atomic E-state index is 0.177. The van der Waals surface area contributed by atoms with Crippen molar-refractivity contribution in [3.63, 3.8) is 0 Å². The maximum Gasteiger partial charge on any atom is 0.224 e. The van der Waals surface area contributed by atoms with Gasteiger partial charge in [-0.15, -0.1) is 10.2 Å². The van der Waals surface area contributed by atoms with Gasteiger partial charge in [0.05, 0.1) is 23.8 Å². The molecule has 0 saturated heterocycles. The van der Waals surface area contributed by atoms with Crippen molar-refractivity contribution in [2.24, 2.45) is 0 Å². The van der Waals surface area contributed by atoms with E-state index < -0.39 is 0 Å². The first-order valence-electron chi connectivity index (χ1n) is 6.75. The summed E-state index contributed by atoms with van der Waals surface area (Å²) >= 11 is 0. The Morgan fingerprint density at radius 3 is 3.11 bits per heavy atom. The highest BCUT2D eigenvalue weighted by Crippen LogP contribution is 2.24. The SMILES string of the molecule is CCNc1nnc(C2Cc3nc[nH]c3CN2)n1CC. The Kier molecular flexibility index (Phi) is 3.20. The second-order valence-corrected chi connectivity index (χ2v) is 4.62. The molecule has 0 aliphatic carbocycles. The van der Waals surface area contributed by atoms with Crippen LogP contribution in [0, 0.1) is 0 Å². The van der Waals surface area contributed by atoms with Gasteiger partial charge < -0.3 is 15.6 Å². The summed E-state index contributed by atoms with van der Waals surface area (Å²) in [5.41, 5.74) is 2.30. The summed E-state index contributed by atoms with van der Waals surface area (Å²) in [5.74, 6) is 1.82. The van der Waals surface area contributed by atoms with Crippen LogP contribution in [0.1, 0.15) is 37.1 Å². The predicted molar refractivity (Wildman–Crippen MR) is 71.7 cm³/mol. The van der Waals surface area contributed by atoms with E-state index in [4.69, 9.17) is 0 Å². The van der Waals surface area contributed by atoms with E-state index in [0.29, 0.717) is 0 Å². The Morgan fingerprint density at radius 2 is 2.32 bits per heavy atom. The van der Waals surface area contributed by atoms with Gasteiger partial charge in [0.1, 0.15) is 0 Å². The summed E-state index contributed by atoms with van der Waals surface area (Å²) in [5, 5.41) is 15.3. The molecule has 0 spiro atoms. The lowest BCUT2D eigenvalue weighted by Gasteiger charge is -2.22. The van der Waals surface area contributed by atoms with E-state index in [2.05, 4.69) is 49.2 Å². The fourth-order valence-corrected chi connectivity index (χ4v) is 2.53. The Labute approximate surface area is 111 Å². The van der Waals surface area contributed by atoms with Crippen molar-refractivity contribution in [3.8, 4) is 0 Å². The summed E-state index contributed by atoms with van der Waals surface area (Å²) in [7, 11) is 0. The monoisotopic (exact) mass is 261 g/mol. The molecular weight excluding hydrogens is 242 g/mol. The Balaban J connectivity index is 1.87. The number of fused-ring (bicyclic) bond motifs is 1. The number of rotatable bonds is 4. The molecule has 0 amide bonds. The molecule has 1 aliphatic heterocycles. The number of hydrogen-bond acceptors (Lipinski definition) is 5. The normalized spacial score (nSPS) is 18.3. The largest absolute Gasteiger partial charge is 0.355 e. The molecule has 7 heteroatoms. The molecule has 1 aliphatic rings. The van der Waals surface area contributed by atoms with Crippen LogP contribution in [0.4, 0.5) is 5.95 Å². The van der Waals surface area contributed by atoms with Crippen LogP contribution in [0.15, 0.2) is 6.33 Å². The molecule has 3 heterocycles. The number of aromatic amines is 1. The van der Waals surface area contributed by atoms with Gasteiger partial charge in [-0.25, -0.2) is 4.98 Å². The zero-order chi connectivity index (χ0) is 13.2. The topological polar surface area (TPSA) is 83.5 Å². The molecule has 102 valence electrons. The first-order chi connectivity index (χ1) is 9.33. The molecule has 0 bridgehead atoms. The zero-order valence-electron chi connectivity index (χ0n) is 11.3. The molecule has 2 aromatic rings. The second-order valence-electron chi connectivity index (χ2n) is 4.62. The minimum atomic E-state index is 0.177. The Hall–Kier alpha value is -1.89. The van der Waals surface area contributed by atoms with Crippen LogP contribution in [0.25, 0.3) is 0 Å². The van der Waals surface area contributed by atoms with E-state index >= 15 is 0 Å². The number of imidazole rings is 1. The number of H-pyrrole nitrogens is 1. The number of nitrogens with zero attached hydrogens (tertiary/aromatic N) is 4. The molecule has 0 radical (unpaired) electrons. The molecule has 7 nitrogen and oxygen atoms in total. The molecule has 19 heavy (non-hydrogen) atoms. The van der Waals surface area contributed by atoms with Gasteiger partial charge in [0.25, 0.3) is 0 Å². The smallest absolute Gasteiger partial charge is 0.224 e. The summed E-state index contributed by atoms with van der Waals surface area (Å²) in [6, 6.07) is 0.177. The van der Waals surface area contributed by atoms with Crippen molar-refractivity contribution in [2.75, 3.05) is 11.9 Å². The summed E-state index contributed by atoms with van der Waals surface area (Å²) < 4.78 is 2.12. The Morgan fingerprint density at radius 1 is 1.42 bits per heavy atom. The molecule has 1 atom stereocenters. The van der Waals surface area contributed by atoms with Crippen molar-refractivity contribution >= 4 is 5.95 Å². The molecule has 0 fully saturated rings. The first-order valence-corrected chi connectivity index (χ1v) is 6.75. The van der Waals surface area contributed by atoms with Gasteiger partial charge in [0.15, 0.2) is 5.82 Å². The quantitative estimate of drug-likeness (QED) is 0.759. The van der Waals surface area contributed by atoms with E-state index in [0.717, 1.165) is 43.5 Å². The van der Waals surface area contributed by atoms with Gasteiger partial charge in [0, 0.05) is 26.1 Å². The fraction of sp³-hybridized carbons (Fsp3) is 0.583. The summed E-state index contributed by atoms with van der Waals surface area (Å²) in [6.45, 7) is 6.67. The fourth-order valence-electron chi connectivity index (χ4n) is 2.53. The van der Waals surface area contributed by atoms with Crippen molar-refractivity contribution in [1.82, 2.24) is 30.0 Å². The van der Waals surface area contributed by atoms with E-state index in [9.17, 15) is 0 Å². The van der Waals surface area contributed by atoms with Gasteiger partial charge >= 0.3 is 0 Å². The van der Waals surface area contributed by atoms with E-state index in [1.165, 1.54) is 5.69 Å². The van der Waals surface area contributed by atoms with Crippen LogP contribution in [-0.4, -0.2) is 31.3 Å². The van der Waals surface area contributed by atoms with Crippen molar-refractivity contribution in [1.29, 1.82) is 0 Å². The lowest BCUT2D eigenvalue weighted by Crippen LogP contribution is -2.31. The highest BCUT2D eigenvalue weighted by Gasteiger charge is 2.26. The third-order valence-corrected chi connectivity index (χ3v) is 3.47. The van der Waals surface area contributed by atoms with Crippen LogP contribution < -0.4 is 10.6 Å². The molecule has 0 saturated carbocycles. The van der Waals surface area contributed by atoms with Crippen molar-refractivity contribution < 1.29 is 0 Å². The van der Waals surface area contributed by atoms with Gasteiger partial charge in [-0.05, 0) is 13.8 Å². The molecule has 0 aromatic carbocycles. The second kappa shape index (κ2) is 5.00. The first kappa shape index (κ1) is 12.2. The average molecular weight is 261 g/mol. The maximum absolute atomic E-state index is 4.36. The maximum atomic E-state index is 4.36. The Bertz CT molecular complexity index is 556. The lowest BCUT2D eigenvalue weighted by molar-refractivity contribution is 0.449. The lowest BCUT2D eigenvalue weighted by atomic mass is 10.0. The number of nitrogens with one attached hydrogen (secondary N) is 3. The van der Waals surface area contributed by atoms with Crippen LogP contribution in [0.5, 0.6) is 0 Å². The predicted octanol–water partition coefficient (Wildman–Crippen LogP) is 0.840. The summed E-state index contributed by atoms with van der Waals surface area (Å²) in [6.07, 6.45) is 2.60. The molecule has 3 rings (SSSR count). The highest BCUT2D eigenvalue weighted by atomic mass is 15.4. The average Bonchev–Trinajstić information content (AvgIpc) is 3.04. The minimum Gasteiger partial charge on any atom is -0.355 e. The van der Waals surface area contributed by atoms with Crippen molar-refractivity contribution in [3.05, 3.63) is 23.5 Å². The number of anilines is 1. The number of aromatic nitrogens is 5. The van der Waals surface area contributed by atoms with Crippen LogP contribution in [-0.2, 0) is 19.5 Å². The van der Waals surface area contributed by atoms with Crippen LogP contribution >= 0.6 is 0 Å². The van der Waals surface area contributed by atoms with E-state index in [1.807, 2.05) is 0 Å². The molecule has 3 N–H and O–H groups in total. The van der Waals surface area contributed by atoms with Gasteiger partial charge in [-0.1, -0.05) is 0 Å². The van der Waals surface area contributed by atoms with Gasteiger partial charge in [-0.2, -0.15) is 0 Å². The number of hydrogen-bond donors (Lipinski definition) is 3. The van der Waals surface area contributed by atoms with Crippen molar-refractivity contribution in [2.45, 2.75) is 39.4 Å². The van der Waals surface area contributed by atoms with Gasteiger partial charge in [0.2, 0.25) is 5.95 Å². The van der Waals surface area contributed by atoms with E-state index in [1.54, 1.807) is 6.33 Å².